The zero-order valence-corrected chi connectivity index (χ0v) is 7.80. The summed E-state index contributed by atoms with van der Waals surface area (Å²) in [4.78, 5) is 4.60. The lowest BCUT2D eigenvalue weighted by Gasteiger charge is -2.24. The van der Waals surface area contributed by atoms with Crippen molar-refractivity contribution in [1.29, 1.82) is 0 Å². The summed E-state index contributed by atoms with van der Waals surface area (Å²) in [6.07, 6.45) is 2.89. The fourth-order valence-corrected chi connectivity index (χ4v) is 1.85. The van der Waals surface area contributed by atoms with Crippen molar-refractivity contribution in [1.82, 2.24) is 10.6 Å². The molecule has 2 aliphatic heterocycles. The van der Waals surface area contributed by atoms with E-state index in [1.807, 2.05) is 0 Å². The zero-order chi connectivity index (χ0) is 8.55. The molecule has 0 aromatic heterocycles. The molecular formula is C9H17N3. The number of aliphatic imine (C=N–C) groups is 1. The number of hydrogen-bond acceptors (Lipinski definition) is 3. The van der Waals surface area contributed by atoms with Crippen LogP contribution in [0.1, 0.15) is 26.7 Å². The van der Waals surface area contributed by atoms with Gasteiger partial charge in [-0.1, -0.05) is 13.8 Å². The Bertz CT molecular complexity index is 198. The standard InChI is InChI=1S/C9H17N3/c1-6(2)8-11-7-4-3-5-10-9(7)12-8/h6-7,9-10H,3-5H2,1-2H3,(H,11,12). The van der Waals surface area contributed by atoms with Crippen LogP contribution in [0.15, 0.2) is 4.99 Å². The van der Waals surface area contributed by atoms with Gasteiger partial charge in [-0.3, -0.25) is 10.3 Å². The minimum atomic E-state index is 0.358. The van der Waals surface area contributed by atoms with Gasteiger partial charge in [0, 0.05) is 5.92 Å². The van der Waals surface area contributed by atoms with Gasteiger partial charge in [0.1, 0.15) is 12.0 Å². The van der Waals surface area contributed by atoms with Crippen molar-refractivity contribution in [2.45, 2.75) is 38.9 Å². The molecule has 0 spiro atoms. The van der Waals surface area contributed by atoms with E-state index in [-0.39, 0.29) is 0 Å². The molecule has 0 saturated carbocycles. The molecule has 0 aromatic carbocycles. The molecule has 2 N–H and O–H groups in total. The fraction of sp³-hybridized carbons (Fsp3) is 0.889. The summed E-state index contributed by atoms with van der Waals surface area (Å²) in [5.74, 6) is 1.72. The Hall–Kier alpha value is -0.570. The summed E-state index contributed by atoms with van der Waals surface area (Å²) in [7, 11) is 0. The minimum absolute atomic E-state index is 0.358. The first-order chi connectivity index (χ1) is 5.77. The highest BCUT2D eigenvalue weighted by Gasteiger charge is 2.30. The smallest absolute Gasteiger partial charge is 0.122 e. The molecule has 0 amide bonds. The Morgan fingerprint density at radius 3 is 3.00 bits per heavy atom. The molecule has 2 rings (SSSR count). The first-order valence-electron chi connectivity index (χ1n) is 4.85. The lowest BCUT2D eigenvalue weighted by molar-refractivity contribution is 0.359. The number of nitrogens with one attached hydrogen (secondary N) is 2. The van der Waals surface area contributed by atoms with Crippen molar-refractivity contribution < 1.29 is 0 Å². The molecule has 2 aliphatic rings. The number of rotatable bonds is 1. The van der Waals surface area contributed by atoms with E-state index in [0.29, 0.717) is 18.1 Å². The molecule has 0 aliphatic carbocycles. The second-order valence-corrected chi connectivity index (χ2v) is 3.96. The van der Waals surface area contributed by atoms with Crippen molar-refractivity contribution in [3.8, 4) is 0 Å². The van der Waals surface area contributed by atoms with Crippen LogP contribution in [-0.2, 0) is 0 Å². The van der Waals surface area contributed by atoms with Gasteiger partial charge in [0.15, 0.2) is 0 Å². The van der Waals surface area contributed by atoms with Gasteiger partial charge >= 0.3 is 0 Å². The Balaban J connectivity index is 2.04. The van der Waals surface area contributed by atoms with Gasteiger partial charge in [0.2, 0.25) is 0 Å². The van der Waals surface area contributed by atoms with Crippen molar-refractivity contribution in [2.24, 2.45) is 10.9 Å². The monoisotopic (exact) mass is 167 g/mol. The lowest BCUT2D eigenvalue weighted by atomic mass is 10.1. The van der Waals surface area contributed by atoms with Gasteiger partial charge in [0.05, 0.1) is 6.04 Å². The first-order valence-corrected chi connectivity index (χ1v) is 4.85. The van der Waals surface area contributed by atoms with Crippen LogP contribution >= 0.6 is 0 Å². The maximum Gasteiger partial charge on any atom is 0.122 e. The van der Waals surface area contributed by atoms with E-state index in [2.05, 4.69) is 29.5 Å². The average Bonchev–Trinajstić information content (AvgIpc) is 2.46. The van der Waals surface area contributed by atoms with E-state index >= 15 is 0 Å². The quantitative estimate of drug-likeness (QED) is 0.604. The normalized spacial score (nSPS) is 34.4. The molecule has 1 fully saturated rings. The van der Waals surface area contributed by atoms with Gasteiger partial charge in [-0.05, 0) is 19.4 Å². The lowest BCUT2D eigenvalue weighted by Crippen LogP contribution is -2.46. The highest BCUT2D eigenvalue weighted by molar-refractivity contribution is 5.86. The third-order valence-electron chi connectivity index (χ3n) is 2.58. The summed E-state index contributed by atoms with van der Waals surface area (Å²) in [5.41, 5.74) is 0. The number of hydrogen-bond donors (Lipinski definition) is 2. The average molecular weight is 167 g/mol. The molecule has 0 radical (unpaired) electrons. The third kappa shape index (κ3) is 1.33. The van der Waals surface area contributed by atoms with Crippen molar-refractivity contribution in [3.63, 3.8) is 0 Å². The largest absolute Gasteiger partial charge is 0.367 e. The molecule has 2 atom stereocenters. The molecule has 3 heteroatoms. The van der Waals surface area contributed by atoms with Gasteiger partial charge < -0.3 is 5.32 Å². The Morgan fingerprint density at radius 1 is 1.50 bits per heavy atom. The summed E-state index contributed by atoms with van der Waals surface area (Å²) >= 11 is 0. The summed E-state index contributed by atoms with van der Waals surface area (Å²) in [6, 6.07) is 0.566. The molecule has 1 saturated heterocycles. The SMILES string of the molecule is CC(C)C1=NC2NCCCC2N1. The Morgan fingerprint density at radius 2 is 2.33 bits per heavy atom. The van der Waals surface area contributed by atoms with E-state index in [1.165, 1.54) is 18.7 Å². The van der Waals surface area contributed by atoms with E-state index in [0.717, 1.165) is 6.54 Å². The number of nitrogens with zero attached hydrogens (tertiary/aromatic N) is 1. The van der Waals surface area contributed by atoms with Crippen LogP contribution in [0.25, 0.3) is 0 Å². The van der Waals surface area contributed by atoms with Crippen LogP contribution in [0.2, 0.25) is 0 Å². The molecule has 68 valence electrons. The van der Waals surface area contributed by atoms with Gasteiger partial charge in [-0.25, -0.2) is 0 Å². The highest BCUT2D eigenvalue weighted by atomic mass is 15.2. The zero-order valence-electron chi connectivity index (χ0n) is 7.80. The van der Waals surface area contributed by atoms with Crippen molar-refractivity contribution in [2.75, 3.05) is 6.54 Å². The number of amidine groups is 1. The van der Waals surface area contributed by atoms with Crippen LogP contribution in [0, 0.1) is 5.92 Å². The van der Waals surface area contributed by atoms with E-state index in [9.17, 15) is 0 Å². The van der Waals surface area contributed by atoms with Crippen LogP contribution in [-0.4, -0.2) is 24.6 Å². The molecule has 0 aromatic rings. The van der Waals surface area contributed by atoms with E-state index in [1.54, 1.807) is 0 Å². The number of fused-ring (bicyclic) bond motifs is 1. The summed E-state index contributed by atoms with van der Waals surface area (Å²) in [6.45, 7) is 5.49. The van der Waals surface area contributed by atoms with Crippen LogP contribution < -0.4 is 10.6 Å². The minimum Gasteiger partial charge on any atom is -0.367 e. The molecule has 2 unspecified atom stereocenters. The third-order valence-corrected chi connectivity index (χ3v) is 2.58. The Labute approximate surface area is 73.6 Å². The van der Waals surface area contributed by atoms with Gasteiger partial charge in [-0.15, -0.1) is 0 Å². The van der Waals surface area contributed by atoms with Crippen molar-refractivity contribution in [3.05, 3.63) is 0 Å². The summed E-state index contributed by atoms with van der Waals surface area (Å²) < 4.78 is 0. The second kappa shape index (κ2) is 3.05. The fourth-order valence-electron chi connectivity index (χ4n) is 1.85. The molecule has 12 heavy (non-hydrogen) atoms. The molecule has 0 bridgehead atoms. The molecular weight excluding hydrogens is 150 g/mol. The van der Waals surface area contributed by atoms with E-state index < -0.39 is 0 Å². The van der Waals surface area contributed by atoms with Gasteiger partial charge in [0.25, 0.3) is 0 Å². The van der Waals surface area contributed by atoms with Crippen LogP contribution in [0.5, 0.6) is 0 Å². The second-order valence-electron chi connectivity index (χ2n) is 3.96. The van der Waals surface area contributed by atoms with Gasteiger partial charge in [-0.2, -0.15) is 0 Å². The van der Waals surface area contributed by atoms with Crippen molar-refractivity contribution >= 4 is 5.84 Å². The summed E-state index contributed by atoms with van der Waals surface area (Å²) in [5, 5.41) is 6.90. The first kappa shape index (κ1) is 8.05. The maximum atomic E-state index is 4.60. The Kier molecular flexibility index (Phi) is 2.05. The maximum absolute atomic E-state index is 4.60. The van der Waals surface area contributed by atoms with Crippen LogP contribution in [0.3, 0.4) is 0 Å². The number of piperidine rings is 1. The predicted octanol–water partition coefficient (Wildman–Crippen LogP) is 0.722. The molecule has 2 heterocycles. The predicted molar refractivity (Wildman–Crippen MR) is 50.2 cm³/mol. The highest BCUT2D eigenvalue weighted by Crippen LogP contribution is 2.16. The van der Waals surface area contributed by atoms with Crippen LogP contribution in [0.4, 0.5) is 0 Å². The topological polar surface area (TPSA) is 36.4 Å². The van der Waals surface area contributed by atoms with E-state index in [4.69, 9.17) is 0 Å². The molecule has 3 nitrogen and oxygen atoms in total.